The number of carbonyl (C=O) groups is 2. The molecule has 25 heavy (non-hydrogen) atoms. The van der Waals surface area contributed by atoms with Gasteiger partial charge < -0.3 is 9.72 Å². The smallest absolute Gasteiger partial charge is 0.311 e. The van der Waals surface area contributed by atoms with Crippen LogP contribution in [0.3, 0.4) is 0 Å². The minimum absolute atomic E-state index is 0.0614. The number of thiazole rings is 1. The third-order valence-electron chi connectivity index (χ3n) is 3.33. The second-order valence-electron chi connectivity index (χ2n) is 5.08. The Labute approximate surface area is 157 Å². The van der Waals surface area contributed by atoms with Crippen LogP contribution in [0.1, 0.15) is 23.1 Å². The fourth-order valence-electron chi connectivity index (χ4n) is 2.25. The lowest BCUT2D eigenvalue weighted by Gasteiger charge is -2.00. The molecular weight excluding hydrogens is 385 g/mol. The Bertz CT molecular complexity index is 951. The van der Waals surface area contributed by atoms with Crippen molar-refractivity contribution in [1.82, 2.24) is 9.97 Å². The normalized spacial score (nSPS) is 10.8. The standard InChI is InChI=1S/C16H13Cl2N3O3S/c1-2-24-12(22)6-9-7-25-16(19-9)21-15(23)14-13(18)10-5-8(17)3-4-11(10)20-14/h3-5,7,20H,2,6H2,1H3,(H,19,21,23). The van der Waals surface area contributed by atoms with Crippen molar-refractivity contribution >= 4 is 62.4 Å². The second-order valence-corrected chi connectivity index (χ2v) is 6.76. The van der Waals surface area contributed by atoms with Crippen LogP contribution >= 0.6 is 34.5 Å². The van der Waals surface area contributed by atoms with Gasteiger partial charge in [-0.05, 0) is 25.1 Å². The lowest BCUT2D eigenvalue weighted by Crippen LogP contribution is -2.13. The molecule has 2 heterocycles. The van der Waals surface area contributed by atoms with Crippen molar-refractivity contribution in [2.24, 2.45) is 0 Å². The maximum atomic E-state index is 12.4. The van der Waals surface area contributed by atoms with Gasteiger partial charge >= 0.3 is 5.97 Å². The first-order valence-electron chi connectivity index (χ1n) is 7.36. The number of aromatic nitrogens is 2. The van der Waals surface area contributed by atoms with E-state index < -0.39 is 5.91 Å². The first kappa shape index (κ1) is 17.7. The highest BCUT2D eigenvalue weighted by atomic mass is 35.5. The molecule has 2 aromatic heterocycles. The Hall–Kier alpha value is -2.09. The number of carbonyl (C=O) groups excluding carboxylic acids is 2. The Morgan fingerprint density at radius 1 is 1.36 bits per heavy atom. The van der Waals surface area contributed by atoms with Gasteiger partial charge in [0.1, 0.15) is 5.69 Å². The molecule has 0 spiro atoms. The zero-order valence-corrected chi connectivity index (χ0v) is 15.4. The molecular formula is C16H13Cl2N3O3S. The van der Waals surface area contributed by atoms with Crippen LogP contribution in [0.4, 0.5) is 5.13 Å². The second kappa shape index (κ2) is 7.43. The number of H-pyrrole nitrogens is 1. The summed E-state index contributed by atoms with van der Waals surface area (Å²) in [7, 11) is 0. The van der Waals surface area contributed by atoms with E-state index in [-0.39, 0.29) is 18.1 Å². The van der Waals surface area contributed by atoms with Crippen molar-refractivity contribution in [3.8, 4) is 0 Å². The first-order valence-corrected chi connectivity index (χ1v) is 8.99. The Morgan fingerprint density at radius 2 is 2.16 bits per heavy atom. The fraction of sp³-hybridized carbons (Fsp3) is 0.188. The summed E-state index contributed by atoms with van der Waals surface area (Å²) in [5.41, 5.74) is 1.47. The summed E-state index contributed by atoms with van der Waals surface area (Å²) in [4.78, 5) is 31.1. The van der Waals surface area contributed by atoms with E-state index in [0.717, 1.165) is 0 Å². The zero-order chi connectivity index (χ0) is 18.0. The van der Waals surface area contributed by atoms with E-state index in [1.807, 2.05) is 0 Å². The predicted molar refractivity (Wildman–Crippen MR) is 98.7 cm³/mol. The molecule has 0 saturated heterocycles. The maximum absolute atomic E-state index is 12.4. The van der Waals surface area contributed by atoms with Crippen molar-refractivity contribution in [3.05, 3.63) is 45.0 Å². The summed E-state index contributed by atoms with van der Waals surface area (Å²) in [5.74, 6) is -0.782. The third-order valence-corrected chi connectivity index (χ3v) is 4.76. The molecule has 3 rings (SSSR count). The minimum atomic E-state index is -0.422. The van der Waals surface area contributed by atoms with Gasteiger partial charge in [-0.2, -0.15) is 0 Å². The van der Waals surface area contributed by atoms with E-state index in [2.05, 4.69) is 15.3 Å². The number of nitrogens with zero attached hydrogens (tertiary/aromatic N) is 1. The third kappa shape index (κ3) is 3.95. The summed E-state index contributed by atoms with van der Waals surface area (Å²) in [5, 5.41) is 6.22. The lowest BCUT2D eigenvalue weighted by molar-refractivity contribution is -0.142. The Kier molecular flexibility index (Phi) is 5.27. The summed E-state index contributed by atoms with van der Waals surface area (Å²) in [6.07, 6.45) is 0.0614. The average molecular weight is 398 g/mol. The van der Waals surface area contributed by atoms with E-state index in [4.69, 9.17) is 27.9 Å². The van der Waals surface area contributed by atoms with Gasteiger partial charge in [-0.25, -0.2) is 4.98 Å². The van der Waals surface area contributed by atoms with Gasteiger partial charge in [0.25, 0.3) is 5.91 Å². The van der Waals surface area contributed by atoms with E-state index in [1.54, 1.807) is 30.5 Å². The van der Waals surface area contributed by atoms with Crippen LogP contribution in [-0.4, -0.2) is 28.5 Å². The molecule has 1 amide bonds. The van der Waals surface area contributed by atoms with Crippen LogP contribution in [0.2, 0.25) is 10.0 Å². The number of halogens is 2. The molecule has 0 bridgehead atoms. The van der Waals surface area contributed by atoms with E-state index in [0.29, 0.717) is 38.4 Å². The monoisotopic (exact) mass is 397 g/mol. The molecule has 6 nitrogen and oxygen atoms in total. The molecule has 9 heteroatoms. The van der Waals surface area contributed by atoms with Gasteiger partial charge in [-0.3, -0.25) is 14.9 Å². The van der Waals surface area contributed by atoms with Crippen LogP contribution in [0, 0.1) is 0 Å². The largest absolute Gasteiger partial charge is 0.466 e. The number of hydrogen-bond donors (Lipinski definition) is 2. The van der Waals surface area contributed by atoms with E-state index in [1.165, 1.54) is 11.3 Å². The number of nitrogens with one attached hydrogen (secondary N) is 2. The van der Waals surface area contributed by atoms with E-state index >= 15 is 0 Å². The van der Waals surface area contributed by atoms with Crippen LogP contribution in [-0.2, 0) is 16.0 Å². The van der Waals surface area contributed by atoms with Gasteiger partial charge in [-0.1, -0.05) is 23.2 Å². The highest BCUT2D eigenvalue weighted by Crippen LogP contribution is 2.30. The summed E-state index contributed by atoms with van der Waals surface area (Å²) in [6, 6.07) is 5.15. The lowest BCUT2D eigenvalue weighted by atomic mass is 10.2. The molecule has 0 aliphatic rings. The number of ether oxygens (including phenoxy) is 1. The van der Waals surface area contributed by atoms with E-state index in [9.17, 15) is 9.59 Å². The van der Waals surface area contributed by atoms with Gasteiger partial charge in [0.15, 0.2) is 5.13 Å². The molecule has 0 unspecified atom stereocenters. The van der Waals surface area contributed by atoms with Crippen LogP contribution in [0.5, 0.6) is 0 Å². The molecule has 3 aromatic rings. The fourth-order valence-corrected chi connectivity index (χ4v) is 3.42. The predicted octanol–water partition coefficient (Wildman–Crippen LogP) is 4.29. The molecule has 0 radical (unpaired) electrons. The minimum Gasteiger partial charge on any atom is -0.466 e. The molecule has 0 saturated carbocycles. The number of aromatic amines is 1. The average Bonchev–Trinajstić information content (AvgIpc) is 3.12. The first-order chi connectivity index (χ1) is 12.0. The summed E-state index contributed by atoms with van der Waals surface area (Å²) < 4.78 is 4.87. The number of esters is 1. The highest BCUT2D eigenvalue weighted by Gasteiger charge is 2.18. The molecule has 1 aromatic carbocycles. The van der Waals surface area contributed by atoms with Crippen molar-refractivity contribution < 1.29 is 14.3 Å². The maximum Gasteiger partial charge on any atom is 0.311 e. The molecule has 130 valence electrons. The number of amides is 1. The Morgan fingerprint density at radius 3 is 2.92 bits per heavy atom. The highest BCUT2D eigenvalue weighted by molar-refractivity contribution is 7.14. The Balaban J connectivity index is 1.76. The van der Waals surface area contributed by atoms with Gasteiger partial charge in [0.2, 0.25) is 0 Å². The number of rotatable bonds is 5. The molecule has 2 N–H and O–H groups in total. The number of hydrogen-bond acceptors (Lipinski definition) is 5. The van der Waals surface area contributed by atoms with Crippen LogP contribution in [0.15, 0.2) is 23.6 Å². The quantitative estimate of drug-likeness (QED) is 0.628. The summed E-state index contributed by atoms with van der Waals surface area (Å²) in [6.45, 7) is 2.05. The van der Waals surface area contributed by atoms with Crippen LogP contribution in [0.25, 0.3) is 10.9 Å². The van der Waals surface area contributed by atoms with Crippen molar-refractivity contribution in [2.75, 3.05) is 11.9 Å². The van der Waals surface area contributed by atoms with Crippen LogP contribution < -0.4 is 5.32 Å². The van der Waals surface area contributed by atoms with Crippen molar-refractivity contribution in [1.29, 1.82) is 0 Å². The topological polar surface area (TPSA) is 84.1 Å². The molecule has 0 aliphatic heterocycles. The number of anilines is 1. The van der Waals surface area contributed by atoms with Crippen molar-refractivity contribution in [3.63, 3.8) is 0 Å². The molecule has 0 atom stereocenters. The molecule has 0 aliphatic carbocycles. The number of benzene rings is 1. The zero-order valence-electron chi connectivity index (χ0n) is 13.1. The van der Waals surface area contributed by atoms with Gasteiger partial charge in [0.05, 0.1) is 23.7 Å². The summed E-state index contributed by atoms with van der Waals surface area (Å²) >= 11 is 13.4. The number of fused-ring (bicyclic) bond motifs is 1. The molecule has 0 fully saturated rings. The van der Waals surface area contributed by atoms with Crippen molar-refractivity contribution in [2.45, 2.75) is 13.3 Å². The van der Waals surface area contributed by atoms with Gasteiger partial charge in [-0.15, -0.1) is 11.3 Å². The van der Waals surface area contributed by atoms with Gasteiger partial charge in [0, 0.05) is 21.3 Å². The SMILES string of the molecule is CCOC(=O)Cc1csc(NC(=O)c2[nH]c3ccc(Cl)cc3c2Cl)n1.